The summed E-state index contributed by atoms with van der Waals surface area (Å²) in [4.78, 5) is 15.4. The van der Waals surface area contributed by atoms with Gasteiger partial charge in [-0.2, -0.15) is 0 Å². The predicted molar refractivity (Wildman–Crippen MR) is 163 cm³/mol. The second-order valence-corrected chi connectivity index (χ2v) is 12.0. The fraction of sp³-hybridized carbons (Fsp3) is 0.129. The van der Waals surface area contributed by atoms with Crippen molar-refractivity contribution in [3.63, 3.8) is 0 Å². The van der Waals surface area contributed by atoms with Crippen LogP contribution in [-0.2, 0) is 10.0 Å². The highest BCUT2D eigenvalue weighted by Crippen LogP contribution is 2.38. The zero-order valence-corrected chi connectivity index (χ0v) is 23.7. The van der Waals surface area contributed by atoms with Crippen molar-refractivity contribution < 1.29 is 13.3 Å². The SMILES string of the molecule is O=[N+]([O-])c1ccc(S(=O)(=O)NCCCCSc2nc(-c3ccccc3)c(-c3ccccc3)n2-c2ccccc2)cc1. The first-order chi connectivity index (χ1) is 19.9. The molecule has 208 valence electrons. The number of hydrogen-bond donors (Lipinski definition) is 1. The summed E-state index contributed by atoms with van der Waals surface area (Å²) >= 11 is 1.64. The number of sulfonamides is 1. The summed E-state index contributed by atoms with van der Waals surface area (Å²) in [7, 11) is -3.74. The maximum Gasteiger partial charge on any atom is 0.269 e. The molecule has 8 nitrogen and oxygen atoms in total. The monoisotopic (exact) mass is 584 g/mol. The van der Waals surface area contributed by atoms with Crippen LogP contribution in [0.5, 0.6) is 0 Å². The average molecular weight is 585 g/mol. The van der Waals surface area contributed by atoms with Crippen molar-refractivity contribution in [3.05, 3.63) is 125 Å². The molecule has 0 bridgehead atoms. The van der Waals surface area contributed by atoms with Crippen LogP contribution in [-0.4, -0.2) is 35.2 Å². The Kier molecular flexibility index (Phi) is 8.93. The van der Waals surface area contributed by atoms with Gasteiger partial charge in [-0.3, -0.25) is 14.7 Å². The summed E-state index contributed by atoms with van der Waals surface area (Å²) in [5.41, 5.74) is 4.87. The van der Waals surface area contributed by atoms with Crippen LogP contribution in [0.4, 0.5) is 5.69 Å². The van der Waals surface area contributed by atoms with Crippen LogP contribution in [0, 0.1) is 10.1 Å². The topological polar surface area (TPSA) is 107 Å². The molecule has 41 heavy (non-hydrogen) atoms. The molecular formula is C31H28N4O4S2. The van der Waals surface area contributed by atoms with Crippen molar-refractivity contribution in [2.75, 3.05) is 12.3 Å². The van der Waals surface area contributed by atoms with Crippen molar-refractivity contribution in [3.8, 4) is 28.2 Å². The van der Waals surface area contributed by atoms with E-state index in [0.29, 0.717) is 6.42 Å². The molecule has 0 aliphatic carbocycles. The fourth-order valence-electron chi connectivity index (χ4n) is 4.40. The van der Waals surface area contributed by atoms with Gasteiger partial charge in [0.2, 0.25) is 10.0 Å². The number of hydrogen-bond acceptors (Lipinski definition) is 6. The van der Waals surface area contributed by atoms with Gasteiger partial charge in [0.15, 0.2) is 5.16 Å². The van der Waals surface area contributed by atoms with Crippen molar-refractivity contribution >= 4 is 27.5 Å². The first-order valence-corrected chi connectivity index (χ1v) is 15.6. The van der Waals surface area contributed by atoms with Crippen molar-refractivity contribution in [1.82, 2.24) is 14.3 Å². The molecule has 0 amide bonds. The van der Waals surface area contributed by atoms with E-state index in [0.717, 1.165) is 45.5 Å². The van der Waals surface area contributed by atoms with E-state index in [4.69, 9.17) is 4.98 Å². The summed E-state index contributed by atoms with van der Waals surface area (Å²) in [5.74, 6) is 0.742. The molecule has 0 saturated heterocycles. The van der Waals surface area contributed by atoms with Gasteiger partial charge in [0.05, 0.1) is 21.2 Å². The Morgan fingerprint density at radius 2 is 1.37 bits per heavy atom. The minimum atomic E-state index is -3.74. The number of para-hydroxylation sites is 1. The lowest BCUT2D eigenvalue weighted by molar-refractivity contribution is -0.384. The second kappa shape index (κ2) is 12.9. The van der Waals surface area contributed by atoms with Gasteiger partial charge in [0, 0.05) is 41.2 Å². The molecule has 0 atom stereocenters. The Morgan fingerprint density at radius 1 is 0.780 bits per heavy atom. The van der Waals surface area contributed by atoms with Crippen molar-refractivity contribution in [2.24, 2.45) is 0 Å². The standard InChI is InChI=1S/C31H28N4O4S2/c36-35(37)27-18-20-28(21-19-27)41(38,39)32-22-10-11-23-40-31-33-29(24-12-4-1-5-13-24)30(25-14-6-2-7-15-25)34(31)26-16-8-3-9-17-26/h1-9,12-21,32H,10-11,22-23H2. The summed E-state index contributed by atoms with van der Waals surface area (Å²) in [6.07, 6.45) is 1.39. The van der Waals surface area contributed by atoms with Crippen LogP contribution < -0.4 is 4.72 Å². The van der Waals surface area contributed by atoms with E-state index < -0.39 is 14.9 Å². The van der Waals surface area contributed by atoms with E-state index >= 15 is 0 Å². The van der Waals surface area contributed by atoms with Crippen LogP contribution in [0.1, 0.15) is 12.8 Å². The lowest BCUT2D eigenvalue weighted by Gasteiger charge is -2.13. The van der Waals surface area contributed by atoms with E-state index in [1.807, 2.05) is 54.6 Å². The Morgan fingerprint density at radius 3 is 1.98 bits per heavy atom. The van der Waals surface area contributed by atoms with Crippen LogP contribution in [0.3, 0.4) is 0 Å². The maximum absolute atomic E-state index is 12.6. The fourth-order valence-corrected chi connectivity index (χ4v) is 6.49. The maximum atomic E-state index is 12.6. The van der Waals surface area contributed by atoms with Crippen molar-refractivity contribution in [2.45, 2.75) is 22.9 Å². The Labute approximate surface area is 243 Å². The number of nitrogens with zero attached hydrogens (tertiary/aromatic N) is 3. The predicted octanol–water partition coefficient (Wildman–Crippen LogP) is 6.97. The molecule has 1 aromatic heterocycles. The molecule has 0 spiro atoms. The van der Waals surface area contributed by atoms with Crippen LogP contribution >= 0.6 is 11.8 Å². The average Bonchev–Trinajstić information content (AvgIpc) is 3.39. The molecule has 5 aromatic rings. The number of benzene rings is 4. The highest BCUT2D eigenvalue weighted by atomic mass is 32.2. The van der Waals surface area contributed by atoms with Gasteiger partial charge >= 0.3 is 0 Å². The van der Waals surface area contributed by atoms with Gasteiger partial charge < -0.3 is 0 Å². The van der Waals surface area contributed by atoms with E-state index in [2.05, 4.69) is 45.7 Å². The largest absolute Gasteiger partial charge is 0.287 e. The molecule has 0 fully saturated rings. The molecular weight excluding hydrogens is 556 g/mol. The smallest absolute Gasteiger partial charge is 0.269 e. The van der Waals surface area contributed by atoms with Crippen molar-refractivity contribution in [1.29, 1.82) is 0 Å². The number of rotatable bonds is 12. The summed E-state index contributed by atoms with van der Waals surface area (Å²) in [6.45, 7) is 0.261. The molecule has 1 heterocycles. The first kappa shape index (κ1) is 28.3. The zero-order chi connectivity index (χ0) is 28.7. The Balaban J connectivity index is 1.32. The molecule has 0 radical (unpaired) electrons. The third-order valence-electron chi connectivity index (χ3n) is 6.41. The Hall–Kier alpha value is -4.25. The van der Waals surface area contributed by atoms with E-state index in [9.17, 15) is 18.5 Å². The van der Waals surface area contributed by atoms with Gasteiger partial charge in [0.25, 0.3) is 5.69 Å². The highest BCUT2D eigenvalue weighted by molar-refractivity contribution is 7.99. The van der Waals surface area contributed by atoms with Crippen LogP contribution in [0.2, 0.25) is 0 Å². The summed E-state index contributed by atoms with van der Waals surface area (Å²) in [6, 6.07) is 35.4. The minimum absolute atomic E-state index is 0.00393. The summed E-state index contributed by atoms with van der Waals surface area (Å²) in [5, 5.41) is 11.7. The van der Waals surface area contributed by atoms with Crippen LogP contribution in [0.25, 0.3) is 28.2 Å². The number of non-ortho nitro benzene ring substituents is 1. The molecule has 4 aromatic carbocycles. The lowest BCUT2D eigenvalue weighted by atomic mass is 10.0. The number of imidazole rings is 1. The molecule has 5 rings (SSSR count). The molecule has 0 unspecified atom stereocenters. The van der Waals surface area contributed by atoms with Gasteiger partial charge in [-0.15, -0.1) is 0 Å². The quantitative estimate of drug-likeness (QED) is 0.0735. The number of aromatic nitrogens is 2. The van der Waals surface area contributed by atoms with E-state index in [1.54, 1.807) is 11.8 Å². The number of nitro benzene ring substituents is 1. The third-order valence-corrected chi connectivity index (χ3v) is 8.91. The van der Waals surface area contributed by atoms with Gasteiger partial charge in [-0.1, -0.05) is 90.6 Å². The number of unbranched alkanes of at least 4 members (excludes halogenated alkanes) is 1. The molecule has 1 N–H and O–H groups in total. The lowest BCUT2D eigenvalue weighted by Crippen LogP contribution is -2.24. The number of nitrogens with one attached hydrogen (secondary N) is 1. The number of thioether (sulfide) groups is 1. The highest BCUT2D eigenvalue weighted by Gasteiger charge is 2.21. The molecule has 0 aliphatic rings. The summed E-state index contributed by atoms with van der Waals surface area (Å²) < 4.78 is 29.9. The normalized spacial score (nSPS) is 11.4. The molecule has 10 heteroatoms. The van der Waals surface area contributed by atoms with E-state index in [-0.39, 0.29) is 17.1 Å². The van der Waals surface area contributed by atoms with Crippen LogP contribution in [0.15, 0.2) is 125 Å². The minimum Gasteiger partial charge on any atom is -0.287 e. The molecule has 0 aliphatic heterocycles. The van der Waals surface area contributed by atoms with Gasteiger partial charge in [0.1, 0.15) is 0 Å². The zero-order valence-electron chi connectivity index (χ0n) is 22.1. The third kappa shape index (κ3) is 6.74. The second-order valence-electron chi connectivity index (χ2n) is 9.20. The Bertz CT molecular complexity index is 1710. The van der Waals surface area contributed by atoms with E-state index in [1.165, 1.54) is 24.3 Å². The first-order valence-electron chi connectivity index (χ1n) is 13.1. The molecule has 0 saturated carbocycles. The van der Waals surface area contributed by atoms with Gasteiger partial charge in [-0.25, -0.2) is 18.1 Å². The van der Waals surface area contributed by atoms with Gasteiger partial charge in [-0.05, 0) is 37.1 Å². The number of nitro groups is 1.